The number of rotatable bonds is 1. The van der Waals surface area contributed by atoms with E-state index >= 15 is 0 Å². The van der Waals surface area contributed by atoms with Crippen LogP contribution in [0.25, 0.3) is 0 Å². The summed E-state index contributed by atoms with van der Waals surface area (Å²) in [4.78, 5) is 0. The van der Waals surface area contributed by atoms with Crippen LogP contribution in [0.4, 0.5) is 0 Å². The van der Waals surface area contributed by atoms with Crippen LogP contribution in [0.5, 0.6) is 0 Å². The molecule has 0 spiro atoms. The van der Waals surface area contributed by atoms with Crippen molar-refractivity contribution in [2.75, 3.05) is 0 Å². The smallest absolute Gasteiger partial charge is 0.876 e. The van der Waals surface area contributed by atoms with Crippen LogP contribution < -0.4 is 24.0 Å². The molecule has 11 heavy (non-hydrogen) atoms. The zero-order chi connectivity index (χ0) is 7.56. The van der Waals surface area contributed by atoms with Crippen LogP contribution in [0.2, 0.25) is 0 Å². The van der Waals surface area contributed by atoms with Gasteiger partial charge in [-0.2, -0.15) is 0 Å². The molecule has 1 rings (SSSR count). The van der Waals surface area contributed by atoms with E-state index in [9.17, 15) is 5.11 Å². The van der Waals surface area contributed by atoms with Crippen molar-refractivity contribution in [3.8, 4) is 0 Å². The van der Waals surface area contributed by atoms with Gasteiger partial charge >= 0.3 is 18.9 Å². The summed E-state index contributed by atoms with van der Waals surface area (Å²) in [6, 6.07) is 0. The summed E-state index contributed by atoms with van der Waals surface area (Å²) in [5, 5.41) is 10.8. The third kappa shape index (κ3) is 3.36. The van der Waals surface area contributed by atoms with Gasteiger partial charge in [-0.1, -0.05) is 19.9 Å². The second-order valence-electron chi connectivity index (χ2n) is 3.45. The Kier molecular flexibility index (Phi) is 4.97. The second-order valence-corrected chi connectivity index (χ2v) is 3.45. The van der Waals surface area contributed by atoms with Crippen LogP contribution in [-0.4, -0.2) is 0 Å². The molecule has 0 heterocycles. The molecule has 0 aliphatic heterocycles. The minimum absolute atomic E-state index is 0. The van der Waals surface area contributed by atoms with E-state index in [-0.39, 0.29) is 18.9 Å². The van der Waals surface area contributed by atoms with Crippen molar-refractivity contribution in [3.63, 3.8) is 0 Å². The summed E-state index contributed by atoms with van der Waals surface area (Å²) in [6.45, 7) is 4.46. The predicted molar refractivity (Wildman–Crippen MR) is 40.3 cm³/mol. The molecule has 0 amide bonds. The van der Waals surface area contributed by atoms with Gasteiger partial charge in [-0.15, -0.1) is 5.76 Å². The van der Waals surface area contributed by atoms with Crippen LogP contribution in [0.1, 0.15) is 33.1 Å². The van der Waals surface area contributed by atoms with Gasteiger partial charge in [0.15, 0.2) is 0 Å². The summed E-state index contributed by atoms with van der Waals surface area (Å²) < 4.78 is 0. The molecule has 58 valence electrons. The van der Waals surface area contributed by atoms with Crippen molar-refractivity contribution < 1.29 is 24.0 Å². The number of hydrogen-bond acceptors (Lipinski definition) is 1. The van der Waals surface area contributed by atoms with E-state index in [0.717, 1.165) is 31.1 Å². The fraction of sp³-hybridized carbons (Fsp3) is 0.778. The van der Waals surface area contributed by atoms with E-state index in [4.69, 9.17) is 0 Å². The van der Waals surface area contributed by atoms with Crippen LogP contribution in [0.15, 0.2) is 11.8 Å². The summed E-state index contributed by atoms with van der Waals surface area (Å²) >= 11 is 0. The van der Waals surface area contributed by atoms with Gasteiger partial charge in [-0.3, -0.25) is 0 Å². The Labute approximate surface area is 81.1 Å². The van der Waals surface area contributed by atoms with E-state index < -0.39 is 0 Å². The van der Waals surface area contributed by atoms with Crippen LogP contribution in [-0.2, 0) is 0 Å². The van der Waals surface area contributed by atoms with Crippen molar-refractivity contribution in [1.82, 2.24) is 0 Å². The molecule has 0 saturated carbocycles. The monoisotopic (exact) mass is 146 g/mol. The average Bonchev–Trinajstić information content (AvgIpc) is 1.88. The van der Waals surface area contributed by atoms with Crippen molar-refractivity contribution in [3.05, 3.63) is 11.8 Å². The Morgan fingerprint density at radius 1 is 1.55 bits per heavy atom. The molecule has 0 aromatic carbocycles. The van der Waals surface area contributed by atoms with Crippen LogP contribution >= 0.6 is 0 Å². The van der Waals surface area contributed by atoms with Gasteiger partial charge in [-0.05, 0) is 31.1 Å². The maximum atomic E-state index is 10.8. The second kappa shape index (κ2) is 4.90. The Hall–Kier alpha value is 0.137. The van der Waals surface area contributed by atoms with E-state index in [1.807, 2.05) is 6.08 Å². The molecule has 0 aromatic heterocycles. The molecule has 0 bridgehead atoms. The fourth-order valence-corrected chi connectivity index (χ4v) is 1.44. The first-order valence-corrected chi connectivity index (χ1v) is 4.06. The molecule has 1 nitrogen and oxygen atoms in total. The van der Waals surface area contributed by atoms with E-state index in [1.54, 1.807) is 0 Å². The molecular weight excluding hydrogens is 131 g/mol. The summed E-state index contributed by atoms with van der Waals surface area (Å²) in [5.74, 6) is 1.85. The number of allylic oxidation sites excluding steroid dienone is 2. The molecular formula is C9H15LiO. The zero-order valence-corrected chi connectivity index (χ0v) is 7.76. The quantitative estimate of drug-likeness (QED) is 0.421. The Morgan fingerprint density at radius 2 is 2.18 bits per heavy atom. The maximum Gasteiger partial charge on any atom is 1.00 e. The van der Waals surface area contributed by atoms with E-state index in [1.165, 1.54) is 0 Å². The van der Waals surface area contributed by atoms with Gasteiger partial charge in [0.05, 0.1) is 0 Å². The first-order chi connectivity index (χ1) is 4.70. The summed E-state index contributed by atoms with van der Waals surface area (Å²) in [6.07, 6.45) is 4.75. The van der Waals surface area contributed by atoms with Crippen molar-refractivity contribution in [1.29, 1.82) is 0 Å². The Morgan fingerprint density at radius 3 is 2.55 bits per heavy atom. The summed E-state index contributed by atoms with van der Waals surface area (Å²) in [7, 11) is 0. The van der Waals surface area contributed by atoms with Gasteiger partial charge in [-0.25, -0.2) is 0 Å². The predicted octanol–water partition coefficient (Wildman–Crippen LogP) is -1.31. The van der Waals surface area contributed by atoms with Gasteiger partial charge < -0.3 is 5.11 Å². The molecule has 0 fully saturated rings. The first-order valence-electron chi connectivity index (χ1n) is 4.06. The Bertz CT molecular complexity index is 140. The van der Waals surface area contributed by atoms with Crippen molar-refractivity contribution in [2.24, 2.45) is 11.8 Å². The van der Waals surface area contributed by atoms with Crippen molar-refractivity contribution in [2.45, 2.75) is 33.1 Å². The molecule has 1 aliphatic carbocycles. The summed E-state index contributed by atoms with van der Waals surface area (Å²) in [5.41, 5.74) is 0. The number of hydrogen-bond donors (Lipinski definition) is 0. The zero-order valence-electron chi connectivity index (χ0n) is 7.76. The van der Waals surface area contributed by atoms with Crippen LogP contribution in [0.3, 0.4) is 0 Å². The third-order valence-electron chi connectivity index (χ3n) is 2.35. The minimum atomic E-state index is 0. The molecule has 0 unspecified atom stereocenters. The van der Waals surface area contributed by atoms with Gasteiger partial charge in [0, 0.05) is 0 Å². The molecule has 1 atom stereocenters. The molecule has 0 radical (unpaired) electrons. The van der Waals surface area contributed by atoms with Crippen LogP contribution in [0, 0.1) is 11.8 Å². The minimum Gasteiger partial charge on any atom is -0.876 e. The van der Waals surface area contributed by atoms with Crippen molar-refractivity contribution >= 4 is 0 Å². The molecule has 0 aromatic rings. The standard InChI is InChI=1S/C9H16O.Li/c1-7(2)8-3-5-9(10)6-4-8;/h5,7-8,10H,3-4,6H2,1-2H3;/q;+1/p-1/t8-;/m0./s1. The third-order valence-corrected chi connectivity index (χ3v) is 2.35. The largest absolute Gasteiger partial charge is 1.00 e. The normalized spacial score (nSPS) is 24.3. The first kappa shape index (κ1) is 11.1. The SMILES string of the molecule is CC(C)[C@H]1CC=C([O-])CC1.[Li+]. The van der Waals surface area contributed by atoms with Gasteiger partial charge in [0.2, 0.25) is 0 Å². The fourth-order valence-electron chi connectivity index (χ4n) is 1.44. The van der Waals surface area contributed by atoms with E-state index in [2.05, 4.69) is 13.8 Å². The van der Waals surface area contributed by atoms with Gasteiger partial charge in [0.25, 0.3) is 0 Å². The molecule has 1 aliphatic rings. The Balaban J connectivity index is 0.000001000. The average molecular weight is 146 g/mol. The van der Waals surface area contributed by atoms with Gasteiger partial charge in [0.1, 0.15) is 0 Å². The topological polar surface area (TPSA) is 23.1 Å². The molecule has 2 heteroatoms. The molecule has 0 saturated heterocycles. The maximum absolute atomic E-state index is 10.8. The van der Waals surface area contributed by atoms with E-state index in [0.29, 0.717) is 5.76 Å². The molecule has 0 N–H and O–H groups in total.